The molecular formula is C21H33N3O4S. The Labute approximate surface area is 174 Å². The van der Waals surface area contributed by atoms with Crippen LogP contribution < -0.4 is 4.74 Å². The van der Waals surface area contributed by atoms with E-state index >= 15 is 0 Å². The molecule has 2 aliphatic heterocycles. The number of nitrogens with zero attached hydrogens (tertiary/aromatic N) is 3. The summed E-state index contributed by atoms with van der Waals surface area (Å²) in [6.45, 7) is 5.29. The van der Waals surface area contributed by atoms with E-state index in [1.54, 1.807) is 24.3 Å². The van der Waals surface area contributed by atoms with Crippen molar-refractivity contribution < 1.29 is 17.9 Å². The minimum absolute atomic E-state index is 0.264. The number of piperidine rings is 1. The van der Waals surface area contributed by atoms with Gasteiger partial charge in [-0.1, -0.05) is 0 Å². The van der Waals surface area contributed by atoms with E-state index in [4.69, 9.17) is 4.74 Å². The quantitative estimate of drug-likeness (QED) is 0.640. The standard InChI is InChI=1S/C21H33N3O4S/c1-22(2)29(26,27)20-7-5-19(6-8-20)28-16-15-23-13-9-18(10-14-23)17-21(25)24-11-3-4-12-24/h5-8,18H,3-4,9-17H2,1-2H3. The first-order chi connectivity index (χ1) is 13.9. The molecule has 2 aliphatic rings. The largest absolute Gasteiger partial charge is 0.492 e. The summed E-state index contributed by atoms with van der Waals surface area (Å²) in [5, 5.41) is 0. The van der Waals surface area contributed by atoms with E-state index in [0.29, 0.717) is 30.6 Å². The number of likely N-dealkylation sites (tertiary alicyclic amines) is 2. The molecule has 2 heterocycles. The summed E-state index contributed by atoms with van der Waals surface area (Å²) in [4.78, 5) is 17.0. The molecule has 0 aliphatic carbocycles. The van der Waals surface area contributed by atoms with Crippen molar-refractivity contribution in [2.24, 2.45) is 5.92 Å². The third-order valence-electron chi connectivity index (χ3n) is 5.91. The molecule has 0 unspecified atom stereocenters. The highest BCUT2D eigenvalue weighted by Crippen LogP contribution is 2.23. The van der Waals surface area contributed by atoms with Crippen molar-refractivity contribution in [3.8, 4) is 5.75 Å². The lowest BCUT2D eigenvalue weighted by atomic mass is 9.93. The summed E-state index contributed by atoms with van der Waals surface area (Å²) >= 11 is 0. The number of carbonyl (C=O) groups is 1. The van der Waals surface area contributed by atoms with Crippen LogP contribution in [-0.4, -0.2) is 81.9 Å². The van der Waals surface area contributed by atoms with E-state index in [2.05, 4.69) is 4.90 Å². The molecule has 0 saturated carbocycles. The summed E-state index contributed by atoms with van der Waals surface area (Å²) in [5.74, 6) is 1.52. The van der Waals surface area contributed by atoms with E-state index in [1.165, 1.54) is 18.4 Å². The van der Waals surface area contributed by atoms with Crippen LogP contribution in [0.15, 0.2) is 29.2 Å². The number of hydrogen-bond acceptors (Lipinski definition) is 5. The Morgan fingerprint density at radius 1 is 1.07 bits per heavy atom. The molecule has 0 radical (unpaired) electrons. The minimum atomic E-state index is -3.41. The first-order valence-electron chi connectivity index (χ1n) is 10.5. The molecule has 1 amide bonds. The van der Waals surface area contributed by atoms with Crippen LogP contribution in [0, 0.1) is 5.92 Å². The zero-order chi connectivity index (χ0) is 20.9. The average molecular weight is 424 g/mol. The van der Waals surface area contributed by atoms with Crippen LogP contribution in [-0.2, 0) is 14.8 Å². The molecule has 2 fully saturated rings. The van der Waals surface area contributed by atoms with Crippen molar-refractivity contribution in [1.29, 1.82) is 0 Å². The first kappa shape index (κ1) is 22.1. The van der Waals surface area contributed by atoms with Gasteiger partial charge in [0.15, 0.2) is 0 Å². The molecule has 1 aromatic rings. The fourth-order valence-corrected chi connectivity index (χ4v) is 4.87. The van der Waals surface area contributed by atoms with Crippen LogP contribution in [0.3, 0.4) is 0 Å². The van der Waals surface area contributed by atoms with Crippen molar-refractivity contribution in [2.75, 3.05) is 53.4 Å². The molecule has 0 spiro atoms. The maximum absolute atomic E-state index is 12.3. The Balaban J connectivity index is 1.36. The Morgan fingerprint density at radius 3 is 2.28 bits per heavy atom. The van der Waals surface area contributed by atoms with Crippen molar-refractivity contribution >= 4 is 15.9 Å². The number of amides is 1. The zero-order valence-corrected chi connectivity index (χ0v) is 18.4. The monoisotopic (exact) mass is 423 g/mol. The number of rotatable bonds is 8. The fraction of sp³-hybridized carbons (Fsp3) is 0.667. The van der Waals surface area contributed by atoms with Crippen molar-refractivity contribution in [1.82, 2.24) is 14.1 Å². The van der Waals surface area contributed by atoms with Gasteiger partial charge in [0.05, 0.1) is 4.90 Å². The van der Waals surface area contributed by atoms with Gasteiger partial charge in [-0.05, 0) is 69.0 Å². The number of sulfonamides is 1. The van der Waals surface area contributed by atoms with Gasteiger partial charge in [-0.15, -0.1) is 0 Å². The Morgan fingerprint density at radius 2 is 1.69 bits per heavy atom. The SMILES string of the molecule is CN(C)S(=O)(=O)c1ccc(OCCN2CCC(CC(=O)N3CCCC3)CC2)cc1. The van der Waals surface area contributed by atoms with Crippen LogP contribution in [0.25, 0.3) is 0 Å². The predicted molar refractivity (Wildman–Crippen MR) is 112 cm³/mol. The van der Waals surface area contributed by atoms with Crippen LogP contribution in [0.5, 0.6) is 5.75 Å². The van der Waals surface area contributed by atoms with Gasteiger partial charge in [0.2, 0.25) is 15.9 Å². The summed E-state index contributed by atoms with van der Waals surface area (Å²) in [5.41, 5.74) is 0. The van der Waals surface area contributed by atoms with Crippen LogP contribution >= 0.6 is 0 Å². The summed E-state index contributed by atoms with van der Waals surface area (Å²) in [6.07, 6.45) is 5.14. The van der Waals surface area contributed by atoms with E-state index in [-0.39, 0.29) is 4.90 Å². The zero-order valence-electron chi connectivity index (χ0n) is 17.5. The van der Waals surface area contributed by atoms with Gasteiger partial charge >= 0.3 is 0 Å². The van der Waals surface area contributed by atoms with Crippen LogP contribution in [0.4, 0.5) is 0 Å². The maximum atomic E-state index is 12.3. The van der Waals surface area contributed by atoms with Crippen molar-refractivity contribution in [3.63, 3.8) is 0 Å². The van der Waals surface area contributed by atoms with Crippen molar-refractivity contribution in [3.05, 3.63) is 24.3 Å². The Kier molecular flexibility index (Phi) is 7.54. The number of carbonyl (C=O) groups excluding carboxylic acids is 1. The van der Waals surface area contributed by atoms with E-state index in [0.717, 1.165) is 58.4 Å². The second kappa shape index (κ2) is 9.91. The molecular weight excluding hydrogens is 390 g/mol. The predicted octanol–water partition coefficient (Wildman–Crippen LogP) is 2.04. The molecule has 1 aromatic carbocycles. The average Bonchev–Trinajstić information content (AvgIpc) is 3.25. The highest BCUT2D eigenvalue weighted by Gasteiger charge is 2.25. The lowest BCUT2D eigenvalue weighted by Gasteiger charge is -2.32. The highest BCUT2D eigenvalue weighted by atomic mass is 32.2. The first-order valence-corrected chi connectivity index (χ1v) is 12.0. The van der Waals surface area contributed by atoms with Crippen molar-refractivity contribution in [2.45, 2.75) is 37.0 Å². The molecule has 7 nitrogen and oxygen atoms in total. The van der Waals surface area contributed by atoms with Gasteiger partial charge in [-0.2, -0.15) is 0 Å². The van der Waals surface area contributed by atoms with Crippen LogP contribution in [0.1, 0.15) is 32.1 Å². The molecule has 0 atom stereocenters. The maximum Gasteiger partial charge on any atom is 0.242 e. The van der Waals surface area contributed by atoms with E-state index in [9.17, 15) is 13.2 Å². The molecule has 2 saturated heterocycles. The van der Waals surface area contributed by atoms with Gasteiger partial charge in [0.1, 0.15) is 12.4 Å². The summed E-state index contributed by atoms with van der Waals surface area (Å²) in [6, 6.07) is 6.56. The third-order valence-corrected chi connectivity index (χ3v) is 7.74. The van der Waals surface area contributed by atoms with Gasteiger partial charge < -0.3 is 9.64 Å². The van der Waals surface area contributed by atoms with Gasteiger partial charge in [0.25, 0.3) is 0 Å². The summed E-state index contributed by atoms with van der Waals surface area (Å²) in [7, 11) is -0.370. The summed E-state index contributed by atoms with van der Waals surface area (Å²) < 4.78 is 31.2. The second-order valence-corrected chi connectivity index (χ2v) is 10.3. The number of hydrogen-bond donors (Lipinski definition) is 0. The van der Waals surface area contributed by atoms with E-state index < -0.39 is 10.0 Å². The van der Waals surface area contributed by atoms with Gasteiger partial charge in [-0.3, -0.25) is 9.69 Å². The highest BCUT2D eigenvalue weighted by molar-refractivity contribution is 7.89. The fourth-order valence-electron chi connectivity index (χ4n) is 3.97. The number of ether oxygens (including phenoxy) is 1. The topological polar surface area (TPSA) is 70.2 Å². The molecule has 0 bridgehead atoms. The third kappa shape index (κ3) is 5.93. The second-order valence-electron chi connectivity index (χ2n) is 8.18. The Bertz CT molecular complexity index is 766. The molecule has 3 rings (SSSR count). The van der Waals surface area contributed by atoms with Crippen LogP contribution in [0.2, 0.25) is 0 Å². The lowest BCUT2D eigenvalue weighted by Crippen LogP contribution is -2.38. The van der Waals surface area contributed by atoms with E-state index in [1.807, 2.05) is 4.90 Å². The molecule has 162 valence electrons. The number of benzene rings is 1. The molecule has 29 heavy (non-hydrogen) atoms. The molecule has 0 N–H and O–H groups in total. The smallest absolute Gasteiger partial charge is 0.242 e. The lowest BCUT2D eigenvalue weighted by molar-refractivity contribution is -0.131. The van der Waals surface area contributed by atoms with Gasteiger partial charge in [-0.25, -0.2) is 12.7 Å². The molecule has 0 aromatic heterocycles. The minimum Gasteiger partial charge on any atom is -0.492 e. The Hall–Kier alpha value is -1.64. The molecule has 8 heteroatoms. The normalized spacial score (nSPS) is 19.1. The van der Waals surface area contributed by atoms with Gasteiger partial charge in [0, 0.05) is 40.2 Å².